The minimum absolute atomic E-state index is 0.0547. The maximum atomic E-state index is 13.6. The van der Waals surface area contributed by atoms with Gasteiger partial charge in [-0.25, -0.2) is 4.39 Å². The fourth-order valence-corrected chi connectivity index (χ4v) is 4.74. The first-order chi connectivity index (χ1) is 17.8. The van der Waals surface area contributed by atoms with Crippen molar-refractivity contribution >= 4 is 5.57 Å². The van der Waals surface area contributed by atoms with Gasteiger partial charge in [0.25, 0.3) is 0 Å². The average Bonchev–Trinajstić information content (AvgIpc) is 3.40. The van der Waals surface area contributed by atoms with Gasteiger partial charge < -0.3 is 9.64 Å². The minimum atomic E-state index is -4.73. The average molecular weight is 513 g/mol. The van der Waals surface area contributed by atoms with Crippen LogP contribution < -0.4 is 4.74 Å². The van der Waals surface area contributed by atoms with Crippen LogP contribution in [0.3, 0.4) is 0 Å². The van der Waals surface area contributed by atoms with Gasteiger partial charge in [0.15, 0.2) is 0 Å². The van der Waals surface area contributed by atoms with Crippen LogP contribution in [-0.4, -0.2) is 48.9 Å². The number of halogens is 4. The lowest BCUT2D eigenvalue weighted by Gasteiger charge is -2.30. The molecule has 1 saturated heterocycles. The molecule has 3 aromatic carbocycles. The predicted molar refractivity (Wildman–Crippen MR) is 139 cm³/mol. The van der Waals surface area contributed by atoms with Gasteiger partial charge in [-0.3, -0.25) is 4.90 Å². The Morgan fingerprint density at radius 1 is 0.919 bits per heavy atom. The Labute approximate surface area is 216 Å². The molecule has 1 aliphatic rings. The van der Waals surface area contributed by atoms with Gasteiger partial charge in [0.05, 0.1) is 0 Å². The van der Waals surface area contributed by atoms with E-state index in [0.29, 0.717) is 6.54 Å². The van der Waals surface area contributed by atoms with Crippen molar-refractivity contribution < 1.29 is 22.3 Å². The maximum absolute atomic E-state index is 13.6. The van der Waals surface area contributed by atoms with Gasteiger partial charge >= 0.3 is 6.36 Å². The molecule has 1 atom stereocenters. The molecule has 37 heavy (non-hydrogen) atoms. The van der Waals surface area contributed by atoms with Crippen molar-refractivity contribution in [1.82, 2.24) is 9.80 Å². The van der Waals surface area contributed by atoms with Gasteiger partial charge in [0.2, 0.25) is 0 Å². The van der Waals surface area contributed by atoms with Gasteiger partial charge in [-0.2, -0.15) is 0 Å². The van der Waals surface area contributed by atoms with Crippen molar-refractivity contribution in [1.29, 1.82) is 0 Å². The van der Waals surface area contributed by atoms with E-state index in [1.807, 2.05) is 42.5 Å². The van der Waals surface area contributed by atoms with Crippen LogP contribution in [0.5, 0.6) is 5.75 Å². The first kappa shape index (κ1) is 26.9. The number of likely N-dealkylation sites (tertiary alicyclic amines) is 1. The molecule has 0 radical (unpaired) electrons. The van der Waals surface area contributed by atoms with Crippen molar-refractivity contribution in [2.24, 2.45) is 0 Å². The van der Waals surface area contributed by atoms with Crippen LogP contribution in [0.4, 0.5) is 17.6 Å². The van der Waals surface area contributed by atoms with E-state index in [0.717, 1.165) is 48.4 Å². The van der Waals surface area contributed by atoms with E-state index in [9.17, 15) is 17.6 Å². The standard InChI is InChI=1S/C30H32F4N2O/c1-23(24-9-13-27(31)14-10-24)36(22-21-35-18-5-6-19-35)20-17-29(25-7-3-2-4-8-25)26-11-15-28(16-12-26)37-30(32,33)34/h2-4,7-17,23H,5-6,18-22H2,1H3/b29-17-/t23-/m1/s1. The van der Waals surface area contributed by atoms with Gasteiger partial charge in [0.1, 0.15) is 11.6 Å². The van der Waals surface area contributed by atoms with Crippen molar-refractivity contribution in [3.05, 3.63) is 107 Å². The lowest BCUT2D eigenvalue weighted by Crippen LogP contribution is -2.35. The Hall–Kier alpha value is -3.16. The third-order valence-corrected chi connectivity index (χ3v) is 6.82. The third kappa shape index (κ3) is 7.91. The third-order valence-electron chi connectivity index (χ3n) is 6.82. The van der Waals surface area contributed by atoms with Gasteiger partial charge in [0, 0.05) is 25.7 Å². The molecule has 0 aromatic heterocycles. The summed E-state index contributed by atoms with van der Waals surface area (Å²) in [6.07, 6.45) is -0.163. The summed E-state index contributed by atoms with van der Waals surface area (Å²) in [7, 11) is 0. The molecule has 0 amide bonds. The lowest BCUT2D eigenvalue weighted by atomic mass is 9.97. The van der Waals surface area contributed by atoms with E-state index in [2.05, 4.69) is 27.5 Å². The van der Waals surface area contributed by atoms with Crippen molar-refractivity contribution in [2.45, 2.75) is 32.2 Å². The summed E-state index contributed by atoms with van der Waals surface area (Å²) in [5.41, 5.74) is 3.73. The van der Waals surface area contributed by atoms with Gasteiger partial charge in [-0.15, -0.1) is 13.2 Å². The monoisotopic (exact) mass is 512 g/mol. The number of hydrogen-bond acceptors (Lipinski definition) is 3. The summed E-state index contributed by atoms with van der Waals surface area (Å²) in [5.74, 6) is -0.510. The Bertz CT molecular complexity index is 1140. The molecule has 0 spiro atoms. The van der Waals surface area contributed by atoms with E-state index in [1.165, 1.54) is 37.1 Å². The molecular weight excluding hydrogens is 480 g/mol. The maximum Gasteiger partial charge on any atom is 0.573 e. The highest BCUT2D eigenvalue weighted by Gasteiger charge is 2.31. The first-order valence-electron chi connectivity index (χ1n) is 12.6. The fraction of sp³-hybridized carbons (Fsp3) is 0.333. The van der Waals surface area contributed by atoms with Crippen LogP contribution in [0.1, 0.15) is 42.5 Å². The van der Waals surface area contributed by atoms with Crippen LogP contribution in [0.2, 0.25) is 0 Å². The molecule has 0 N–H and O–H groups in total. The van der Waals surface area contributed by atoms with E-state index in [1.54, 1.807) is 12.1 Å². The van der Waals surface area contributed by atoms with Crippen LogP contribution in [0.15, 0.2) is 84.9 Å². The Kier molecular flexibility index (Phi) is 9.00. The molecule has 0 bridgehead atoms. The van der Waals surface area contributed by atoms with Crippen molar-refractivity contribution in [2.75, 3.05) is 32.7 Å². The van der Waals surface area contributed by atoms with Crippen LogP contribution in [0, 0.1) is 5.82 Å². The smallest absolute Gasteiger partial charge is 0.406 e. The van der Waals surface area contributed by atoms with Crippen LogP contribution in [0.25, 0.3) is 5.57 Å². The second-order valence-corrected chi connectivity index (χ2v) is 9.33. The minimum Gasteiger partial charge on any atom is -0.406 e. The largest absolute Gasteiger partial charge is 0.573 e. The zero-order chi connectivity index (χ0) is 26.3. The quantitative estimate of drug-likeness (QED) is 0.265. The first-order valence-corrected chi connectivity index (χ1v) is 12.6. The Balaban J connectivity index is 1.60. The van der Waals surface area contributed by atoms with E-state index < -0.39 is 6.36 Å². The van der Waals surface area contributed by atoms with E-state index >= 15 is 0 Å². The van der Waals surface area contributed by atoms with Crippen molar-refractivity contribution in [3.63, 3.8) is 0 Å². The second-order valence-electron chi connectivity index (χ2n) is 9.33. The molecule has 4 rings (SSSR count). The summed E-state index contributed by atoms with van der Waals surface area (Å²) in [6.45, 7) is 6.75. The number of benzene rings is 3. The number of alkyl halides is 3. The predicted octanol–water partition coefficient (Wildman–Crippen LogP) is 7.32. The molecule has 1 aliphatic heterocycles. The molecule has 3 nitrogen and oxygen atoms in total. The Morgan fingerprint density at radius 3 is 2.16 bits per heavy atom. The normalized spacial score (nSPS) is 15.8. The number of hydrogen-bond donors (Lipinski definition) is 0. The van der Waals surface area contributed by atoms with Gasteiger partial charge in [-0.1, -0.05) is 60.7 Å². The Morgan fingerprint density at radius 2 is 1.54 bits per heavy atom. The highest BCUT2D eigenvalue weighted by Crippen LogP contribution is 2.29. The van der Waals surface area contributed by atoms with Crippen LogP contribution in [-0.2, 0) is 0 Å². The van der Waals surface area contributed by atoms with Gasteiger partial charge in [-0.05, 0) is 79.4 Å². The lowest BCUT2D eigenvalue weighted by molar-refractivity contribution is -0.274. The molecule has 1 heterocycles. The summed E-state index contributed by atoms with van der Waals surface area (Å²) in [6, 6.07) is 22.4. The summed E-state index contributed by atoms with van der Waals surface area (Å²) < 4.78 is 55.5. The number of rotatable bonds is 10. The van der Waals surface area contributed by atoms with Crippen molar-refractivity contribution in [3.8, 4) is 5.75 Å². The highest BCUT2D eigenvalue weighted by atomic mass is 19.4. The summed E-state index contributed by atoms with van der Waals surface area (Å²) in [4.78, 5) is 4.82. The molecule has 7 heteroatoms. The zero-order valence-corrected chi connectivity index (χ0v) is 20.9. The SMILES string of the molecule is C[C@H](c1ccc(F)cc1)N(C/C=C(/c1ccccc1)c1ccc(OC(F)(F)F)cc1)CCN1CCCC1. The van der Waals surface area contributed by atoms with E-state index in [4.69, 9.17) is 0 Å². The topological polar surface area (TPSA) is 15.7 Å². The number of nitrogens with zero attached hydrogens (tertiary/aromatic N) is 2. The molecule has 196 valence electrons. The summed E-state index contributed by atoms with van der Waals surface area (Å²) in [5, 5.41) is 0. The fourth-order valence-electron chi connectivity index (χ4n) is 4.74. The molecular formula is C30H32F4N2O. The molecule has 0 saturated carbocycles. The second kappa shape index (κ2) is 12.4. The molecule has 0 aliphatic carbocycles. The highest BCUT2D eigenvalue weighted by molar-refractivity contribution is 5.80. The molecule has 0 unspecified atom stereocenters. The summed E-state index contributed by atoms with van der Waals surface area (Å²) >= 11 is 0. The molecule has 3 aromatic rings. The molecule has 1 fully saturated rings. The number of ether oxygens (including phenoxy) is 1. The zero-order valence-electron chi connectivity index (χ0n) is 20.9. The van der Waals surface area contributed by atoms with E-state index in [-0.39, 0.29) is 17.6 Å². The van der Waals surface area contributed by atoms with Crippen LogP contribution >= 0.6 is 0 Å².